The predicted octanol–water partition coefficient (Wildman–Crippen LogP) is 3.23. The summed E-state index contributed by atoms with van der Waals surface area (Å²) in [5.41, 5.74) is 8.30. The molecule has 0 spiro atoms. The molecule has 0 bridgehead atoms. The van der Waals surface area contributed by atoms with Crippen molar-refractivity contribution >= 4 is 11.5 Å². The summed E-state index contributed by atoms with van der Waals surface area (Å²) in [6.45, 7) is 1.98. The second kappa shape index (κ2) is 6.75. The van der Waals surface area contributed by atoms with E-state index in [9.17, 15) is 4.79 Å². The maximum Gasteiger partial charge on any atom is 0.170 e. The summed E-state index contributed by atoms with van der Waals surface area (Å²) in [5, 5.41) is 3.38. The topological polar surface area (TPSA) is 55.1 Å². The van der Waals surface area contributed by atoms with Gasteiger partial charge in [-0.1, -0.05) is 30.3 Å². The van der Waals surface area contributed by atoms with Gasteiger partial charge in [-0.2, -0.15) is 0 Å². The third-order valence-corrected chi connectivity index (χ3v) is 4.49. The van der Waals surface area contributed by atoms with Crippen molar-refractivity contribution in [2.45, 2.75) is 18.8 Å². The molecule has 3 rings (SSSR count). The van der Waals surface area contributed by atoms with Gasteiger partial charge >= 0.3 is 0 Å². The zero-order valence-electron chi connectivity index (χ0n) is 12.7. The Labute approximate surface area is 131 Å². The average Bonchev–Trinajstić information content (AvgIpc) is 2.57. The number of carbonyl (C=O) groups excluding carboxylic acids is 1. The highest BCUT2D eigenvalue weighted by Gasteiger charge is 2.31. The first-order valence-electron chi connectivity index (χ1n) is 7.91. The first-order valence-corrected chi connectivity index (χ1v) is 7.91. The number of nitrogens with one attached hydrogen (secondary N) is 1. The van der Waals surface area contributed by atoms with E-state index < -0.39 is 0 Å². The highest BCUT2D eigenvalue weighted by molar-refractivity contribution is 6.01. The van der Waals surface area contributed by atoms with Crippen LogP contribution < -0.4 is 11.1 Å². The number of benzene rings is 2. The molecule has 0 saturated carbocycles. The fourth-order valence-corrected chi connectivity index (χ4v) is 3.30. The summed E-state index contributed by atoms with van der Waals surface area (Å²) in [6, 6.07) is 17.5. The van der Waals surface area contributed by atoms with E-state index in [4.69, 9.17) is 5.73 Å². The van der Waals surface area contributed by atoms with E-state index in [-0.39, 0.29) is 11.7 Å². The maximum absolute atomic E-state index is 13.1. The summed E-state index contributed by atoms with van der Waals surface area (Å²) in [7, 11) is 0. The van der Waals surface area contributed by atoms with Crippen molar-refractivity contribution in [1.82, 2.24) is 5.32 Å². The Kier molecular flexibility index (Phi) is 4.54. The first-order chi connectivity index (χ1) is 10.8. The molecule has 3 heteroatoms. The molecule has 2 aromatic carbocycles. The zero-order valence-corrected chi connectivity index (χ0v) is 12.7. The van der Waals surface area contributed by atoms with Crippen LogP contribution in [0.3, 0.4) is 0 Å². The molecule has 0 amide bonds. The van der Waals surface area contributed by atoms with Crippen LogP contribution in [0.15, 0.2) is 54.6 Å². The molecular formula is C19H22N2O. The van der Waals surface area contributed by atoms with Crippen molar-refractivity contribution in [1.29, 1.82) is 0 Å². The largest absolute Gasteiger partial charge is 0.399 e. The molecule has 1 atom stereocenters. The number of carbonyl (C=O) groups is 1. The second-order valence-corrected chi connectivity index (χ2v) is 5.96. The van der Waals surface area contributed by atoms with Gasteiger partial charge in [-0.05, 0) is 61.7 Å². The number of anilines is 1. The summed E-state index contributed by atoms with van der Waals surface area (Å²) in [5.74, 6) is 0.540. The minimum atomic E-state index is -0.0630. The van der Waals surface area contributed by atoms with E-state index in [1.165, 1.54) is 0 Å². The van der Waals surface area contributed by atoms with Crippen molar-refractivity contribution in [2.75, 3.05) is 18.8 Å². The molecule has 0 radical (unpaired) electrons. The number of hydrogen-bond donors (Lipinski definition) is 2. The van der Waals surface area contributed by atoms with Crippen LogP contribution in [0, 0.1) is 5.92 Å². The van der Waals surface area contributed by atoms with Gasteiger partial charge < -0.3 is 11.1 Å². The number of Topliss-reactive ketones (excluding diaryl/α,β-unsaturated/α-hetero) is 1. The van der Waals surface area contributed by atoms with Crippen LogP contribution in [0.4, 0.5) is 5.69 Å². The van der Waals surface area contributed by atoms with E-state index in [1.807, 2.05) is 30.3 Å². The van der Waals surface area contributed by atoms with Crippen molar-refractivity contribution in [2.24, 2.45) is 5.92 Å². The van der Waals surface area contributed by atoms with Crippen LogP contribution >= 0.6 is 0 Å². The van der Waals surface area contributed by atoms with Crippen LogP contribution in [0.1, 0.15) is 34.7 Å². The fourth-order valence-electron chi connectivity index (χ4n) is 3.30. The summed E-state index contributed by atoms with van der Waals surface area (Å²) >= 11 is 0. The quantitative estimate of drug-likeness (QED) is 0.672. The lowest BCUT2D eigenvalue weighted by atomic mass is 9.76. The third kappa shape index (κ3) is 3.20. The molecule has 2 aromatic rings. The Morgan fingerprint density at radius 2 is 1.64 bits per heavy atom. The predicted molar refractivity (Wildman–Crippen MR) is 90.0 cm³/mol. The van der Waals surface area contributed by atoms with Crippen LogP contribution in [0.5, 0.6) is 0 Å². The van der Waals surface area contributed by atoms with Crippen molar-refractivity contribution in [3.05, 3.63) is 65.7 Å². The molecule has 3 N–H and O–H groups in total. The fraction of sp³-hybridized carbons (Fsp3) is 0.316. The number of rotatable bonds is 4. The van der Waals surface area contributed by atoms with Gasteiger partial charge in [-0.3, -0.25) is 4.79 Å². The van der Waals surface area contributed by atoms with E-state index >= 15 is 0 Å². The van der Waals surface area contributed by atoms with Crippen molar-refractivity contribution in [3.63, 3.8) is 0 Å². The molecule has 0 aromatic heterocycles. The number of nitrogen functional groups attached to an aromatic ring is 1. The van der Waals surface area contributed by atoms with Crippen molar-refractivity contribution < 1.29 is 4.79 Å². The molecule has 22 heavy (non-hydrogen) atoms. The maximum atomic E-state index is 13.1. The van der Waals surface area contributed by atoms with Gasteiger partial charge in [0.05, 0.1) is 5.92 Å². The smallest absolute Gasteiger partial charge is 0.170 e. The monoisotopic (exact) mass is 294 g/mol. The highest BCUT2D eigenvalue weighted by atomic mass is 16.1. The molecule has 1 heterocycles. The lowest BCUT2D eigenvalue weighted by Crippen LogP contribution is -2.33. The molecule has 1 fully saturated rings. The normalized spacial score (nSPS) is 17.1. The molecule has 1 saturated heterocycles. The molecule has 3 nitrogen and oxygen atoms in total. The van der Waals surface area contributed by atoms with E-state index in [1.54, 1.807) is 12.1 Å². The van der Waals surface area contributed by atoms with Gasteiger partial charge in [0.1, 0.15) is 0 Å². The highest BCUT2D eigenvalue weighted by Crippen LogP contribution is 2.34. The summed E-state index contributed by atoms with van der Waals surface area (Å²) in [6.07, 6.45) is 2.08. The minimum absolute atomic E-state index is 0.0630. The molecule has 1 aliphatic rings. The van der Waals surface area contributed by atoms with Crippen molar-refractivity contribution in [3.8, 4) is 0 Å². The summed E-state index contributed by atoms with van der Waals surface area (Å²) < 4.78 is 0. The first kappa shape index (κ1) is 14.8. The Hall–Kier alpha value is -2.13. The molecular weight excluding hydrogens is 272 g/mol. The van der Waals surface area contributed by atoms with Gasteiger partial charge in [0, 0.05) is 11.3 Å². The second-order valence-electron chi connectivity index (χ2n) is 5.96. The number of nitrogens with two attached hydrogens (primary N) is 1. The van der Waals surface area contributed by atoms with E-state index in [0.29, 0.717) is 11.6 Å². The van der Waals surface area contributed by atoms with E-state index in [2.05, 4.69) is 17.4 Å². The standard InChI is InChI=1S/C19H22N2O/c20-17-8-6-16(7-9-17)19(22)18(14-4-2-1-3-5-14)15-10-12-21-13-11-15/h1-9,15,18,21H,10-13,20H2. The Morgan fingerprint density at radius 1 is 1.00 bits per heavy atom. The molecule has 0 aliphatic carbocycles. The van der Waals surface area contributed by atoms with Gasteiger partial charge in [-0.25, -0.2) is 0 Å². The van der Waals surface area contributed by atoms with Crippen LogP contribution in [-0.4, -0.2) is 18.9 Å². The van der Waals surface area contributed by atoms with Gasteiger partial charge in [-0.15, -0.1) is 0 Å². The van der Waals surface area contributed by atoms with E-state index in [0.717, 1.165) is 37.1 Å². The number of hydrogen-bond acceptors (Lipinski definition) is 3. The van der Waals surface area contributed by atoms with Crippen LogP contribution in [-0.2, 0) is 0 Å². The summed E-state index contributed by atoms with van der Waals surface area (Å²) in [4.78, 5) is 13.1. The molecule has 1 unspecified atom stereocenters. The Bertz CT molecular complexity index is 616. The van der Waals surface area contributed by atoms with Crippen LogP contribution in [0.2, 0.25) is 0 Å². The molecule has 114 valence electrons. The number of piperidine rings is 1. The Morgan fingerprint density at radius 3 is 2.27 bits per heavy atom. The van der Waals surface area contributed by atoms with Gasteiger partial charge in [0.25, 0.3) is 0 Å². The third-order valence-electron chi connectivity index (χ3n) is 4.49. The lowest BCUT2D eigenvalue weighted by Gasteiger charge is -2.30. The minimum Gasteiger partial charge on any atom is -0.399 e. The van der Waals surface area contributed by atoms with Crippen LogP contribution in [0.25, 0.3) is 0 Å². The molecule has 1 aliphatic heterocycles. The lowest BCUT2D eigenvalue weighted by molar-refractivity contribution is 0.0916. The van der Waals surface area contributed by atoms with Gasteiger partial charge in [0.2, 0.25) is 0 Å². The van der Waals surface area contributed by atoms with Gasteiger partial charge in [0.15, 0.2) is 5.78 Å². The SMILES string of the molecule is Nc1ccc(C(=O)C(c2ccccc2)C2CCNCC2)cc1. The Balaban J connectivity index is 1.93. The number of ketones is 1. The zero-order chi connectivity index (χ0) is 15.4. The average molecular weight is 294 g/mol.